The van der Waals surface area contributed by atoms with Crippen molar-refractivity contribution < 1.29 is 19.4 Å². The second-order valence-electron chi connectivity index (χ2n) is 8.08. The summed E-state index contributed by atoms with van der Waals surface area (Å²) in [5, 5.41) is 9.13. The molecule has 0 fully saturated rings. The maximum Gasteiger partial charge on any atom is 0.193 e. The Bertz CT molecular complexity index is 720. The van der Waals surface area contributed by atoms with Crippen LogP contribution in [-0.2, 0) is 4.74 Å². The molecule has 0 aliphatic carbocycles. The summed E-state index contributed by atoms with van der Waals surface area (Å²) in [4.78, 5) is 12.5. The number of ether oxygens (including phenoxy) is 2. The quantitative estimate of drug-likeness (QED) is 0.568. The second kappa shape index (κ2) is 10.4. The fourth-order valence-corrected chi connectivity index (χ4v) is 2.77. The van der Waals surface area contributed by atoms with Gasteiger partial charge in [0.25, 0.3) is 0 Å². The maximum atomic E-state index is 12.5. The lowest BCUT2D eigenvalue weighted by Gasteiger charge is -2.29. The summed E-state index contributed by atoms with van der Waals surface area (Å²) in [6, 6.07) is 16.5. The molecule has 0 saturated heterocycles. The molecule has 1 N–H and O–H groups in total. The minimum Gasteiger partial charge on any atom is -0.493 e. The molecule has 0 aromatic heterocycles. The van der Waals surface area contributed by atoms with E-state index in [0.717, 1.165) is 5.75 Å². The summed E-state index contributed by atoms with van der Waals surface area (Å²) in [5.74, 6) is 1.39. The van der Waals surface area contributed by atoms with Crippen LogP contribution in [0.25, 0.3) is 0 Å². The van der Waals surface area contributed by atoms with E-state index in [1.165, 1.54) is 0 Å². The summed E-state index contributed by atoms with van der Waals surface area (Å²) in [5.41, 5.74) is 0.980. The smallest absolute Gasteiger partial charge is 0.193 e. The van der Waals surface area contributed by atoms with Crippen LogP contribution in [-0.4, -0.2) is 36.3 Å². The van der Waals surface area contributed by atoms with Gasteiger partial charge >= 0.3 is 0 Å². The van der Waals surface area contributed by atoms with Gasteiger partial charge in [0.15, 0.2) is 5.78 Å². The molecule has 0 spiro atoms. The van der Waals surface area contributed by atoms with Crippen molar-refractivity contribution in [3.63, 3.8) is 0 Å². The number of benzene rings is 2. The van der Waals surface area contributed by atoms with Gasteiger partial charge in [0.05, 0.1) is 18.8 Å². The molecule has 4 nitrogen and oxygen atoms in total. The standard InChI is InChI=1S/C24H32O4/c1-18(2)21(17-28-24(3,4)14-15-25)16-27-22-12-10-20(11-13-22)23(26)19-8-6-5-7-9-19/h5-13,18,21,25H,14-17H2,1-4H3. The van der Waals surface area contributed by atoms with Gasteiger partial charge in [-0.3, -0.25) is 4.79 Å². The van der Waals surface area contributed by atoms with Crippen LogP contribution < -0.4 is 4.74 Å². The van der Waals surface area contributed by atoms with E-state index in [0.29, 0.717) is 36.7 Å². The predicted octanol–water partition coefficient (Wildman–Crippen LogP) is 4.75. The molecule has 2 aromatic carbocycles. The van der Waals surface area contributed by atoms with E-state index >= 15 is 0 Å². The zero-order valence-corrected chi connectivity index (χ0v) is 17.4. The van der Waals surface area contributed by atoms with Gasteiger partial charge in [-0.2, -0.15) is 0 Å². The van der Waals surface area contributed by atoms with E-state index in [2.05, 4.69) is 13.8 Å². The van der Waals surface area contributed by atoms with Crippen molar-refractivity contribution in [3.05, 3.63) is 65.7 Å². The Kier molecular flexibility index (Phi) is 8.21. The van der Waals surface area contributed by atoms with Gasteiger partial charge in [0, 0.05) is 23.7 Å². The lowest BCUT2D eigenvalue weighted by atomic mass is 9.97. The van der Waals surface area contributed by atoms with Gasteiger partial charge in [-0.15, -0.1) is 0 Å². The molecule has 0 amide bonds. The van der Waals surface area contributed by atoms with Gasteiger partial charge in [-0.25, -0.2) is 0 Å². The predicted molar refractivity (Wildman–Crippen MR) is 112 cm³/mol. The summed E-state index contributed by atoms with van der Waals surface area (Å²) in [6.07, 6.45) is 0.607. The third kappa shape index (κ3) is 6.77. The Morgan fingerprint density at radius 2 is 1.57 bits per heavy atom. The number of carbonyl (C=O) groups is 1. The Hall–Kier alpha value is -2.17. The zero-order valence-electron chi connectivity index (χ0n) is 17.4. The molecule has 152 valence electrons. The summed E-state index contributed by atoms with van der Waals surface area (Å²) in [6.45, 7) is 9.52. The number of hydrogen-bond acceptors (Lipinski definition) is 4. The molecule has 28 heavy (non-hydrogen) atoms. The zero-order chi connectivity index (χ0) is 20.6. The van der Waals surface area contributed by atoms with Crippen molar-refractivity contribution >= 4 is 5.78 Å². The minimum atomic E-state index is -0.346. The van der Waals surface area contributed by atoms with Crippen LogP contribution in [0.1, 0.15) is 50.0 Å². The van der Waals surface area contributed by atoms with E-state index in [-0.39, 0.29) is 23.9 Å². The normalized spacial score (nSPS) is 12.8. The summed E-state index contributed by atoms with van der Waals surface area (Å²) >= 11 is 0. The van der Waals surface area contributed by atoms with Gasteiger partial charge < -0.3 is 14.6 Å². The van der Waals surface area contributed by atoms with Crippen molar-refractivity contribution in [2.24, 2.45) is 11.8 Å². The third-order valence-electron chi connectivity index (χ3n) is 4.96. The SMILES string of the molecule is CC(C)C(COc1ccc(C(=O)c2ccccc2)cc1)COC(C)(C)CCO. The largest absolute Gasteiger partial charge is 0.493 e. The number of carbonyl (C=O) groups excluding carboxylic acids is 1. The van der Waals surface area contributed by atoms with E-state index < -0.39 is 0 Å². The van der Waals surface area contributed by atoms with Crippen molar-refractivity contribution in [2.45, 2.75) is 39.7 Å². The number of ketones is 1. The van der Waals surface area contributed by atoms with E-state index in [9.17, 15) is 4.79 Å². The highest BCUT2D eigenvalue weighted by molar-refractivity contribution is 6.08. The first-order valence-electron chi connectivity index (χ1n) is 9.90. The molecule has 0 aliphatic heterocycles. The van der Waals surface area contributed by atoms with Crippen LogP contribution in [0.4, 0.5) is 0 Å². The molecule has 4 heteroatoms. The number of hydrogen-bond donors (Lipinski definition) is 1. The molecule has 0 radical (unpaired) electrons. The lowest BCUT2D eigenvalue weighted by molar-refractivity contribution is -0.0603. The van der Waals surface area contributed by atoms with Gasteiger partial charge in [0.1, 0.15) is 5.75 Å². The van der Waals surface area contributed by atoms with Crippen LogP contribution in [0, 0.1) is 11.8 Å². The first kappa shape index (κ1) is 22.1. The molecule has 0 saturated carbocycles. The van der Waals surface area contributed by atoms with Gasteiger partial charge in [-0.1, -0.05) is 44.2 Å². The van der Waals surface area contributed by atoms with Crippen molar-refractivity contribution in [1.29, 1.82) is 0 Å². The molecule has 1 unspecified atom stereocenters. The molecular weight excluding hydrogens is 352 g/mol. The lowest BCUT2D eigenvalue weighted by Crippen LogP contribution is -2.32. The number of aliphatic hydroxyl groups is 1. The average molecular weight is 385 g/mol. The molecule has 0 heterocycles. The summed E-state index contributed by atoms with van der Waals surface area (Å²) < 4.78 is 12.0. The van der Waals surface area contributed by atoms with Crippen molar-refractivity contribution in [2.75, 3.05) is 19.8 Å². The topological polar surface area (TPSA) is 55.8 Å². The average Bonchev–Trinajstić information content (AvgIpc) is 2.68. The van der Waals surface area contributed by atoms with E-state index in [4.69, 9.17) is 14.6 Å². The Balaban J connectivity index is 1.92. The Labute approximate surface area is 168 Å². The van der Waals surface area contributed by atoms with Gasteiger partial charge in [0.2, 0.25) is 0 Å². The van der Waals surface area contributed by atoms with Crippen LogP contribution in [0.5, 0.6) is 5.75 Å². The van der Waals surface area contributed by atoms with Crippen molar-refractivity contribution in [1.82, 2.24) is 0 Å². The molecule has 1 atom stereocenters. The van der Waals surface area contributed by atoms with Crippen LogP contribution >= 0.6 is 0 Å². The number of aliphatic hydroxyl groups excluding tert-OH is 1. The molecule has 0 bridgehead atoms. The molecule has 2 aromatic rings. The fourth-order valence-electron chi connectivity index (χ4n) is 2.77. The maximum absolute atomic E-state index is 12.5. The minimum absolute atomic E-state index is 0.00622. The first-order valence-corrected chi connectivity index (χ1v) is 9.90. The molecule has 0 aliphatic rings. The third-order valence-corrected chi connectivity index (χ3v) is 4.96. The second-order valence-corrected chi connectivity index (χ2v) is 8.08. The van der Waals surface area contributed by atoms with Crippen LogP contribution in [0.2, 0.25) is 0 Å². The Morgan fingerprint density at radius 1 is 0.964 bits per heavy atom. The number of rotatable bonds is 11. The first-order chi connectivity index (χ1) is 13.3. The Morgan fingerprint density at radius 3 is 2.14 bits per heavy atom. The van der Waals surface area contributed by atoms with Gasteiger partial charge in [-0.05, 0) is 50.5 Å². The molecular formula is C24H32O4. The summed E-state index contributed by atoms with van der Waals surface area (Å²) in [7, 11) is 0. The monoisotopic (exact) mass is 384 g/mol. The van der Waals surface area contributed by atoms with E-state index in [1.807, 2.05) is 56.3 Å². The van der Waals surface area contributed by atoms with Crippen LogP contribution in [0.3, 0.4) is 0 Å². The highest BCUT2D eigenvalue weighted by Gasteiger charge is 2.22. The van der Waals surface area contributed by atoms with Crippen LogP contribution in [0.15, 0.2) is 54.6 Å². The highest BCUT2D eigenvalue weighted by Crippen LogP contribution is 2.21. The van der Waals surface area contributed by atoms with Crippen molar-refractivity contribution in [3.8, 4) is 5.75 Å². The fraction of sp³-hybridized carbons (Fsp3) is 0.458. The van der Waals surface area contributed by atoms with E-state index in [1.54, 1.807) is 12.1 Å². The molecule has 2 rings (SSSR count). The highest BCUT2D eigenvalue weighted by atomic mass is 16.5.